The molecule has 2 aromatic carbocycles. The number of hydrogen-bond acceptors (Lipinski definition) is 2. The molecule has 0 aliphatic rings. The first-order valence-electron chi connectivity index (χ1n) is 7.49. The van der Waals surface area contributed by atoms with Crippen LogP contribution in [0.3, 0.4) is 0 Å². The average molecular weight is 378 g/mol. The van der Waals surface area contributed by atoms with Crippen LogP contribution >= 0.6 is 23.2 Å². The van der Waals surface area contributed by atoms with Crippen LogP contribution in [-0.2, 0) is 6.54 Å². The summed E-state index contributed by atoms with van der Waals surface area (Å²) in [4.78, 5) is 12.5. The van der Waals surface area contributed by atoms with Crippen LogP contribution < -0.4 is 5.32 Å². The summed E-state index contributed by atoms with van der Waals surface area (Å²) in [5.74, 6) is -1.12. The van der Waals surface area contributed by atoms with Gasteiger partial charge in [0.1, 0.15) is 11.0 Å². The molecule has 1 amide bonds. The minimum absolute atomic E-state index is 0.0104. The number of rotatable bonds is 4. The van der Waals surface area contributed by atoms with Gasteiger partial charge in [0, 0.05) is 5.02 Å². The van der Waals surface area contributed by atoms with E-state index in [0.29, 0.717) is 17.3 Å². The first-order valence-corrected chi connectivity index (χ1v) is 8.24. The molecule has 0 saturated carbocycles. The molecule has 4 nitrogen and oxygen atoms in total. The monoisotopic (exact) mass is 377 g/mol. The lowest BCUT2D eigenvalue weighted by atomic mass is 10.2. The maximum atomic E-state index is 13.8. The smallest absolute Gasteiger partial charge is 0.260 e. The molecule has 1 aromatic heterocycles. The highest BCUT2D eigenvalue weighted by Crippen LogP contribution is 2.24. The number of carbonyl (C=O) groups is 1. The third kappa shape index (κ3) is 3.83. The molecule has 3 aromatic rings. The zero-order valence-corrected chi connectivity index (χ0v) is 14.8. The molecule has 1 heterocycles. The fourth-order valence-electron chi connectivity index (χ4n) is 2.45. The highest BCUT2D eigenvalue weighted by Gasteiger charge is 2.21. The molecule has 3 rings (SSSR count). The van der Waals surface area contributed by atoms with Crippen molar-refractivity contribution in [3.63, 3.8) is 0 Å². The number of nitrogens with zero attached hydrogens (tertiary/aromatic N) is 2. The van der Waals surface area contributed by atoms with Gasteiger partial charge in [0.25, 0.3) is 5.91 Å². The van der Waals surface area contributed by atoms with Crippen LogP contribution in [0, 0.1) is 12.7 Å². The summed E-state index contributed by atoms with van der Waals surface area (Å²) in [6.07, 6.45) is 0. The molecule has 0 radical (unpaired) electrons. The quantitative estimate of drug-likeness (QED) is 0.699. The van der Waals surface area contributed by atoms with Crippen LogP contribution in [-0.4, -0.2) is 15.7 Å². The standard InChI is InChI=1S/C18H14Cl2FN3O/c1-11-16(18(25)22-15-9-13(19)7-8-14(15)21)17(20)24(23-11)10-12-5-3-2-4-6-12/h2-9H,10H2,1H3,(H,22,25). The van der Waals surface area contributed by atoms with Gasteiger partial charge in [-0.3, -0.25) is 4.79 Å². The van der Waals surface area contributed by atoms with Crippen LogP contribution in [0.5, 0.6) is 0 Å². The SMILES string of the molecule is Cc1nn(Cc2ccccc2)c(Cl)c1C(=O)Nc1cc(Cl)ccc1F. The number of halogens is 3. The summed E-state index contributed by atoms with van der Waals surface area (Å²) in [5.41, 5.74) is 1.65. The minimum atomic E-state index is -0.580. The van der Waals surface area contributed by atoms with Gasteiger partial charge in [-0.15, -0.1) is 0 Å². The first-order chi connectivity index (χ1) is 12.0. The van der Waals surface area contributed by atoms with Gasteiger partial charge in [0.15, 0.2) is 0 Å². The Hall–Kier alpha value is -2.37. The molecule has 25 heavy (non-hydrogen) atoms. The summed E-state index contributed by atoms with van der Waals surface area (Å²) in [7, 11) is 0. The van der Waals surface area contributed by atoms with Crippen molar-refractivity contribution in [2.45, 2.75) is 13.5 Å². The van der Waals surface area contributed by atoms with E-state index in [1.54, 1.807) is 6.92 Å². The maximum Gasteiger partial charge on any atom is 0.260 e. The van der Waals surface area contributed by atoms with E-state index in [-0.39, 0.29) is 16.4 Å². The highest BCUT2D eigenvalue weighted by molar-refractivity contribution is 6.34. The number of anilines is 1. The van der Waals surface area contributed by atoms with E-state index in [1.807, 2.05) is 30.3 Å². The van der Waals surface area contributed by atoms with Crippen molar-refractivity contribution < 1.29 is 9.18 Å². The van der Waals surface area contributed by atoms with E-state index >= 15 is 0 Å². The summed E-state index contributed by atoms with van der Waals surface area (Å²) in [5, 5.41) is 7.32. The van der Waals surface area contributed by atoms with Crippen LogP contribution in [0.4, 0.5) is 10.1 Å². The van der Waals surface area contributed by atoms with Crippen molar-refractivity contribution in [3.8, 4) is 0 Å². The molecule has 0 saturated heterocycles. The number of benzene rings is 2. The van der Waals surface area contributed by atoms with Crippen LogP contribution in [0.2, 0.25) is 10.2 Å². The second-order valence-corrected chi connectivity index (χ2v) is 6.27. The normalized spacial score (nSPS) is 10.7. The molecule has 7 heteroatoms. The molecule has 0 fully saturated rings. The molecule has 0 bridgehead atoms. The van der Waals surface area contributed by atoms with E-state index in [0.717, 1.165) is 5.56 Å². The van der Waals surface area contributed by atoms with Gasteiger partial charge in [-0.05, 0) is 30.7 Å². The van der Waals surface area contributed by atoms with Gasteiger partial charge in [-0.1, -0.05) is 53.5 Å². The molecule has 0 unspecified atom stereocenters. The third-order valence-corrected chi connectivity index (χ3v) is 4.26. The molecule has 1 N–H and O–H groups in total. The van der Waals surface area contributed by atoms with Crippen LogP contribution in [0.1, 0.15) is 21.6 Å². The molecule has 0 spiro atoms. The second kappa shape index (κ2) is 7.25. The summed E-state index contributed by atoms with van der Waals surface area (Å²) >= 11 is 12.2. The fourth-order valence-corrected chi connectivity index (χ4v) is 2.94. The zero-order valence-electron chi connectivity index (χ0n) is 13.3. The second-order valence-electron chi connectivity index (χ2n) is 5.47. The maximum absolute atomic E-state index is 13.8. The number of nitrogens with one attached hydrogen (secondary N) is 1. The lowest BCUT2D eigenvalue weighted by Gasteiger charge is -2.07. The summed E-state index contributed by atoms with van der Waals surface area (Å²) < 4.78 is 15.3. The molecule has 0 aliphatic carbocycles. The van der Waals surface area contributed by atoms with Gasteiger partial charge in [-0.2, -0.15) is 5.10 Å². The lowest BCUT2D eigenvalue weighted by molar-refractivity contribution is 0.102. The van der Waals surface area contributed by atoms with Crippen molar-refractivity contribution in [3.05, 3.63) is 81.3 Å². The van der Waals surface area contributed by atoms with Gasteiger partial charge in [-0.25, -0.2) is 9.07 Å². The largest absolute Gasteiger partial charge is 0.319 e. The van der Waals surface area contributed by atoms with E-state index in [1.165, 1.54) is 22.9 Å². The Labute approximate surface area is 154 Å². The Kier molecular flexibility index (Phi) is 5.06. The zero-order chi connectivity index (χ0) is 18.0. The van der Waals surface area contributed by atoms with Crippen molar-refractivity contribution in [2.24, 2.45) is 0 Å². The predicted molar refractivity (Wildman–Crippen MR) is 96.9 cm³/mol. The predicted octanol–water partition coefficient (Wildman–Crippen LogP) is 4.94. The van der Waals surface area contributed by atoms with E-state index < -0.39 is 11.7 Å². The summed E-state index contributed by atoms with van der Waals surface area (Å²) in [6, 6.07) is 13.5. The number of aryl methyl sites for hydroxylation is 1. The Morgan fingerprint density at radius 1 is 1.20 bits per heavy atom. The number of aromatic nitrogens is 2. The molecule has 0 atom stereocenters. The van der Waals surface area contributed by atoms with Crippen molar-refractivity contribution >= 4 is 34.8 Å². The Morgan fingerprint density at radius 3 is 2.64 bits per heavy atom. The van der Waals surface area contributed by atoms with E-state index in [2.05, 4.69) is 10.4 Å². The Balaban J connectivity index is 1.87. The lowest BCUT2D eigenvalue weighted by Crippen LogP contribution is -2.14. The molecule has 128 valence electrons. The van der Waals surface area contributed by atoms with Crippen molar-refractivity contribution in [1.29, 1.82) is 0 Å². The van der Waals surface area contributed by atoms with E-state index in [4.69, 9.17) is 23.2 Å². The Morgan fingerprint density at radius 2 is 1.92 bits per heavy atom. The van der Waals surface area contributed by atoms with Crippen LogP contribution in [0.25, 0.3) is 0 Å². The van der Waals surface area contributed by atoms with Crippen molar-refractivity contribution in [1.82, 2.24) is 9.78 Å². The summed E-state index contributed by atoms with van der Waals surface area (Å²) in [6.45, 7) is 2.11. The van der Waals surface area contributed by atoms with Gasteiger partial charge in [0.2, 0.25) is 0 Å². The molecular weight excluding hydrogens is 364 g/mol. The number of hydrogen-bond donors (Lipinski definition) is 1. The highest BCUT2D eigenvalue weighted by atomic mass is 35.5. The average Bonchev–Trinajstić information content (AvgIpc) is 2.86. The van der Waals surface area contributed by atoms with Crippen LogP contribution in [0.15, 0.2) is 48.5 Å². The Bertz CT molecular complexity index is 926. The number of amides is 1. The number of carbonyl (C=O) groups excluding carboxylic acids is 1. The van der Waals surface area contributed by atoms with Crippen molar-refractivity contribution in [2.75, 3.05) is 5.32 Å². The molecule has 0 aliphatic heterocycles. The third-order valence-electron chi connectivity index (χ3n) is 3.64. The molecular formula is C18H14Cl2FN3O. The minimum Gasteiger partial charge on any atom is -0.319 e. The van der Waals surface area contributed by atoms with Gasteiger partial charge in [0.05, 0.1) is 23.5 Å². The van der Waals surface area contributed by atoms with E-state index in [9.17, 15) is 9.18 Å². The topological polar surface area (TPSA) is 46.9 Å². The van der Waals surface area contributed by atoms with Gasteiger partial charge >= 0.3 is 0 Å². The fraction of sp³-hybridized carbons (Fsp3) is 0.111. The first kappa shape index (κ1) is 17.5. The van der Waals surface area contributed by atoms with Gasteiger partial charge < -0.3 is 5.32 Å².